The van der Waals surface area contributed by atoms with Crippen LogP contribution in [0.15, 0.2) is 28.1 Å². The minimum atomic E-state index is -0.620. The molecule has 0 fully saturated rings. The van der Waals surface area contributed by atoms with Crippen LogP contribution >= 0.6 is 35.0 Å². The van der Waals surface area contributed by atoms with Gasteiger partial charge in [0.2, 0.25) is 0 Å². The molecule has 0 unspecified atom stereocenters. The van der Waals surface area contributed by atoms with E-state index in [-0.39, 0.29) is 23.9 Å². The fourth-order valence-electron chi connectivity index (χ4n) is 2.04. The molecular weight excluding hydrogens is 371 g/mol. The number of hydrogen-bond donors (Lipinski definition) is 0. The molecule has 1 aromatic carbocycles. The van der Waals surface area contributed by atoms with E-state index < -0.39 is 5.97 Å². The zero-order chi connectivity index (χ0) is 17.9. The number of carbonyl (C=O) groups is 2. The predicted molar refractivity (Wildman–Crippen MR) is 94.5 cm³/mol. The number of hydrogen-bond acceptors (Lipinski definition) is 5. The largest absolute Gasteiger partial charge is 0.461 e. The second-order valence-corrected chi connectivity index (χ2v) is 7.09. The molecule has 24 heavy (non-hydrogen) atoms. The van der Waals surface area contributed by atoms with Crippen molar-refractivity contribution in [2.45, 2.75) is 36.7 Å². The van der Waals surface area contributed by atoms with Gasteiger partial charge in [0.1, 0.15) is 5.03 Å². The van der Waals surface area contributed by atoms with Gasteiger partial charge >= 0.3 is 5.97 Å². The van der Waals surface area contributed by atoms with Crippen LogP contribution in [0.1, 0.15) is 47.7 Å². The summed E-state index contributed by atoms with van der Waals surface area (Å²) in [5, 5.41) is 5.78. The lowest BCUT2D eigenvalue weighted by molar-refractivity contribution is 0.0516. The maximum atomic E-state index is 12.1. The maximum absolute atomic E-state index is 12.1. The van der Waals surface area contributed by atoms with E-state index in [0.29, 0.717) is 21.4 Å². The zero-order valence-corrected chi connectivity index (χ0v) is 15.7. The first kappa shape index (κ1) is 18.8. The third-order valence-corrected chi connectivity index (χ3v) is 4.54. The molecule has 1 aromatic heterocycles. The number of esters is 1. The van der Waals surface area contributed by atoms with Crippen molar-refractivity contribution >= 4 is 47.2 Å². The lowest BCUT2D eigenvalue weighted by Gasteiger charge is -2.11. The Morgan fingerprint density at radius 2 is 1.96 bits per heavy atom. The van der Waals surface area contributed by atoms with Gasteiger partial charge in [0.15, 0.2) is 12.0 Å². The zero-order valence-electron chi connectivity index (χ0n) is 13.4. The van der Waals surface area contributed by atoms with E-state index >= 15 is 0 Å². The van der Waals surface area contributed by atoms with Gasteiger partial charge in [-0.3, -0.25) is 9.48 Å². The van der Waals surface area contributed by atoms with Crippen molar-refractivity contribution in [1.29, 1.82) is 0 Å². The second kappa shape index (κ2) is 8.05. The third-order valence-electron chi connectivity index (χ3n) is 3.03. The second-order valence-electron chi connectivity index (χ2n) is 5.15. The van der Waals surface area contributed by atoms with Crippen LogP contribution in [0, 0.1) is 0 Å². The van der Waals surface area contributed by atoms with E-state index in [2.05, 4.69) is 5.10 Å². The van der Waals surface area contributed by atoms with Gasteiger partial charge in [-0.15, -0.1) is 0 Å². The van der Waals surface area contributed by atoms with Crippen LogP contribution in [0.25, 0.3) is 0 Å². The molecule has 0 radical (unpaired) electrons. The van der Waals surface area contributed by atoms with Crippen molar-refractivity contribution in [1.82, 2.24) is 9.78 Å². The van der Waals surface area contributed by atoms with Crippen molar-refractivity contribution in [3.63, 3.8) is 0 Å². The molecule has 0 aliphatic rings. The summed E-state index contributed by atoms with van der Waals surface area (Å²) in [6, 6.07) is 5.03. The van der Waals surface area contributed by atoms with Crippen LogP contribution in [-0.2, 0) is 4.74 Å². The van der Waals surface area contributed by atoms with Crippen molar-refractivity contribution in [2.24, 2.45) is 0 Å². The van der Waals surface area contributed by atoms with Gasteiger partial charge in [-0.1, -0.05) is 35.0 Å². The Balaban J connectivity index is 2.54. The third kappa shape index (κ3) is 4.12. The van der Waals surface area contributed by atoms with E-state index in [9.17, 15) is 9.59 Å². The van der Waals surface area contributed by atoms with Gasteiger partial charge in [0, 0.05) is 21.0 Å². The fraction of sp³-hybridized carbons (Fsp3) is 0.312. The summed E-state index contributed by atoms with van der Waals surface area (Å²) in [4.78, 5) is 24.4. The van der Waals surface area contributed by atoms with Crippen LogP contribution in [0.5, 0.6) is 0 Å². The van der Waals surface area contributed by atoms with Crippen molar-refractivity contribution in [2.75, 3.05) is 6.61 Å². The number of ether oxygens (including phenoxy) is 1. The quantitative estimate of drug-likeness (QED) is 0.521. The molecule has 0 aliphatic heterocycles. The normalized spacial score (nSPS) is 10.9. The monoisotopic (exact) mass is 386 g/mol. The molecule has 0 saturated heterocycles. The average molecular weight is 387 g/mol. The minimum absolute atomic E-state index is 0.0103. The Labute approximate surface area is 154 Å². The van der Waals surface area contributed by atoms with Gasteiger partial charge in [-0.2, -0.15) is 5.10 Å². The van der Waals surface area contributed by atoms with Crippen LogP contribution < -0.4 is 0 Å². The van der Waals surface area contributed by atoms with Crippen LogP contribution in [0.3, 0.4) is 0 Å². The van der Waals surface area contributed by atoms with Gasteiger partial charge in [0.05, 0.1) is 12.2 Å². The number of halogens is 2. The molecule has 0 saturated carbocycles. The summed E-state index contributed by atoms with van der Waals surface area (Å²) < 4.78 is 6.60. The van der Waals surface area contributed by atoms with Gasteiger partial charge in [-0.05, 0) is 39.0 Å². The smallest absolute Gasteiger partial charge is 0.359 e. The van der Waals surface area contributed by atoms with E-state index in [1.165, 1.54) is 11.8 Å². The summed E-state index contributed by atoms with van der Waals surface area (Å²) >= 11 is 13.3. The highest BCUT2D eigenvalue weighted by Crippen LogP contribution is 2.36. The molecule has 2 aromatic rings. The van der Waals surface area contributed by atoms with Crippen molar-refractivity contribution in [3.05, 3.63) is 39.5 Å². The number of benzene rings is 1. The topological polar surface area (TPSA) is 61.2 Å². The van der Waals surface area contributed by atoms with Crippen LogP contribution in [-0.4, -0.2) is 28.6 Å². The molecular formula is C16H16Cl2N2O3S. The van der Waals surface area contributed by atoms with E-state index in [0.717, 1.165) is 4.90 Å². The summed E-state index contributed by atoms with van der Waals surface area (Å²) in [6.07, 6.45) is 0.618. The SMILES string of the molecule is CCOC(=O)c1nn(C(C)C)c(Sc2cc(Cl)cc(Cl)c2)c1C=O. The Hall–Kier alpha value is -1.50. The summed E-state index contributed by atoms with van der Waals surface area (Å²) in [7, 11) is 0. The highest BCUT2D eigenvalue weighted by Gasteiger charge is 2.25. The number of aromatic nitrogens is 2. The Morgan fingerprint density at radius 3 is 2.46 bits per heavy atom. The predicted octanol–water partition coefficient (Wildman–Crippen LogP) is 4.91. The molecule has 0 atom stereocenters. The standard InChI is InChI=1S/C16H16Cl2N2O3S/c1-4-23-16(22)14-13(8-21)15(20(19-14)9(2)3)24-12-6-10(17)5-11(18)7-12/h5-9H,4H2,1-3H3. The highest BCUT2D eigenvalue weighted by atomic mass is 35.5. The van der Waals surface area contributed by atoms with Crippen LogP contribution in [0.2, 0.25) is 10.0 Å². The number of nitrogens with zero attached hydrogens (tertiary/aromatic N) is 2. The molecule has 2 rings (SSSR count). The lowest BCUT2D eigenvalue weighted by atomic mass is 10.3. The van der Waals surface area contributed by atoms with Crippen molar-refractivity contribution < 1.29 is 14.3 Å². The van der Waals surface area contributed by atoms with Crippen molar-refractivity contribution in [3.8, 4) is 0 Å². The molecule has 8 heteroatoms. The molecule has 0 spiro atoms. The van der Waals surface area contributed by atoms with Crippen LogP contribution in [0.4, 0.5) is 0 Å². The Bertz CT molecular complexity index is 755. The number of carbonyl (C=O) groups excluding carboxylic acids is 2. The van der Waals surface area contributed by atoms with Gasteiger partial charge in [-0.25, -0.2) is 4.79 Å². The first-order valence-corrected chi connectivity index (χ1v) is 8.83. The summed E-state index contributed by atoms with van der Waals surface area (Å²) in [5.74, 6) is -0.620. The van der Waals surface area contributed by atoms with E-state index in [4.69, 9.17) is 27.9 Å². The Morgan fingerprint density at radius 1 is 1.33 bits per heavy atom. The minimum Gasteiger partial charge on any atom is -0.461 e. The molecule has 0 bridgehead atoms. The molecule has 0 N–H and O–H groups in total. The summed E-state index contributed by atoms with van der Waals surface area (Å²) in [6.45, 7) is 5.72. The molecule has 0 amide bonds. The molecule has 1 heterocycles. The lowest BCUT2D eigenvalue weighted by Crippen LogP contribution is -2.09. The highest BCUT2D eigenvalue weighted by molar-refractivity contribution is 7.99. The van der Waals surface area contributed by atoms with Gasteiger partial charge in [0.25, 0.3) is 0 Å². The first-order valence-electron chi connectivity index (χ1n) is 7.26. The van der Waals surface area contributed by atoms with Gasteiger partial charge < -0.3 is 4.74 Å². The van der Waals surface area contributed by atoms with E-state index in [1.807, 2.05) is 13.8 Å². The average Bonchev–Trinajstić information content (AvgIpc) is 2.85. The van der Waals surface area contributed by atoms with E-state index in [1.54, 1.807) is 29.8 Å². The summed E-state index contributed by atoms with van der Waals surface area (Å²) in [5.41, 5.74) is 0.208. The fourth-order valence-corrected chi connectivity index (χ4v) is 3.89. The number of aldehydes is 1. The Kier molecular flexibility index (Phi) is 6.32. The number of rotatable bonds is 6. The first-order chi connectivity index (χ1) is 11.4. The molecule has 5 nitrogen and oxygen atoms in total. The maximum Gasteiger partial charge on any atom is 0.359 e. The molecule has 128 valence electrons. The molecule has 0 aliphatic carbocycles.